The van der Waals surface area contributed by atoms with E-state index in [4.69, 9.17) is 37.0 Å². The van der Waals surface area contributed by atoms with E-state index in [0.29, 0.717) is 25.7 Å². The number of carbonyl (C=O) groups excluding carboxylic acids is 4. The number of aliphatic hydroxyl groups excluding tert-OH is 1. The quantitative estimate of drug-likeness (QED) is 0.0169. The van der Waals surface area contributed by atoms with Gasteiger partial charge in [-0.3, -0.25) is 37.3 Å². The number of aliphatic hydroxyl groups is 1. The molecule has 17 nitrogen and oxygen atoms in total. The summed E-state index contributed by atoms with van der Waals surface area (Å²) in [7, 11) is -9.97. The molecular formula is C83H144O17P2. The van der Waals surface area contributed by atoms with Gasteiger partial charge in [0.25, 0.3) is 0 Å². The summed E-state index contributed by atoms with van der Waals surface area (Å²) >= 11 is 0. The van der Waals surface area contributed by atoms with Crippen molar-refractivity contribution in [3.63, 3.8) is 0 Å². The van der Waals surface area contributed by atoms with Gasteiger partial charge in [-0.25, -0.2) is 9.13 Å². The molecule has 0 saturated heterocycles. The molecule has 0 aliphatic carbocycles. The zero-order chi connectivity index (χ0) is 74.6. The molecule has 19 heteroatoms. The van der Waals surface area contributed by atoms with Crippen LogP contribution in [0.1, 0.15) is 336 Å². The van der Waals surface area contributed by atoms with Gasteiger partial charge in [-0.15, -0.1) is 0 Å². The Morgan fingerprint density at radius 3 is 0.814 bits per heavy atom. The molecule has 0 spiro atoms. The standard InChI is InChI=1S/C83H144O17P2/c1-5-9-13-17-21-25-29-33-36-37-38-39-42-45-48-52-56-60-64-68-81(86)94-73-78(99-82(87)69-65-61-57-53-49-43-32-28-24-20-16-12-8-4)75-97-101(89,90)95-71-77(84)72-96-102(91,92)98-76-79(100-83(88)70-66-62-58-54-50-46-41-35-31-27-23-19-15-11-7-3)74-93-80(85)67-63-59-55-51-47-44-40-34-30-26-22-18-14-10-6-2/h9-10,13-14,21-22,25-26,33-36,38-41,47,51,77-79,84H,5-8,11-12,15-20,23-24,27-32,37,42-46,48-50,52-76H2,1-4H3,(H,89,90)(H,91,92)/b13-9-,14-10-,25-21-,26-22-,36-33-,39-38-,40-34-,41-35-,51-47-. The molecule has 0 aromatic heterocycles. The van der Waals surface area contributed by atoms with Crippen LogP contribution >= 0.6 is 15.6 Å². The second-order valence-electron chi connectivity index (χ2n) is 26.6. The van der Waals surface area contributed by atoms with Crippen LogP contribution < -0.4 is 0 Å². The van der Waals surface area contributed by atoms with Crippen molar-refractivity contribution >= 4 is 39.5 Å². The minimum absolute atomic E-state index is 0.0759. The molecule has 0 rings (SSSR count). The molecule has 0 aliphatic heterocycles. The van der Waals surface area contributed by atoms with Crippen LogP contribution in [0, 0.1) is 0 Å². The van der Waals surface area contributed by atoms with Gasteiger partial charge in [0.05, 0.1) is 26.4 Å². The average molecular weight is 1480 g/mol. The number of rotatable bonds is 75. The van der Waals surface area contributed by atoms with Crippen molar-refractivity contribution in [2.24, 2.45) is 0 Å². The Kier molecular flexibility index (Phi) is 71.8. The molecule has 0 bridgehead atoms. The largest absolute Gasteiger partial charge is 0.472 e. The molecule has 5 unspecified atom stereocenters. The summed E-state index contributed by atoms with van der Waals surface area (Å²) in [5, 5.41) is 10.6. The van der Waals surface area contributed by atoms with E-state index in [0.717, 1.165) is 167 Å². The first-order chi connectivity index (χ1) is 49.7. The van der Waals surface area contributed by atoms with Gasteiger partial charge >= 0.3 is 39.5 Å². The van der Waals surface area contributed by atoms with E-state index >= 15 is 0 Å². The molecule has 5 atom stereocenters. The van der Waals surface area contributed by atoms with Crippen LogP contribution in [0.2, 0.25) is 0 Å². The molecule has 588 valence electrons. The molecule has 0 aromatic carbocycles. The SMILES string of the molecule is CC/C=C\C/C=C\C/C=C\C/C=C\CCCCCCCCC(=O)OCC(COP(=O)(O)OCC(O)COP(=O)(O)OCC(COC(=O)CCCC/C=C\C/C=C\C/C=C\C/C=C\CC)OC(=O)CCCCCCC/C=C\CCCCCCCC)OC(=O)CCCCCCCCCCCCCCC. The van der Waals surface area contributed by atoms with Crippen LogP contribution in [0.15, 0.2) is 109 Å². The van der Waals surface area contributed by atoms with E-state index in [2.05, 4.69) is 137 Å². The Labute approximate surface area is 619 Å². The predicted octanol–water partition coefficient (Wildman–Crippen LogP) is 23.3. The Balaban J connectivity index is 5.37. The van der Waals surface area contributed by atoms with Crippen molar-refractivity contribution in [2.75, 3.05) is 39.6 Å². The van der Waals surface area contributed by atoms with Crippen molar-refractivity contribution in [3.05, 3.63) is 109 Å². The predicted molar refractivity (Wildman–Crippen MR) is 418 cm³/mol. The lowest BCUT2D eigenvalue weighted by molar-refractivity contribution is -0.161. The maximum absolute atomic E-state index is 13.1. The normalized spacial score (nSPS) is 14.5. The number of hydrogen-bond acceptors (Lipinski definition) is 15. The Bertz CT molecular complexity index is 2360. The first-order valence-electron chi connectivity index (χ1n) is 40.1. The maximum Gasteiger partial charge on any atom is 0.472 e. The first kappa shape index (κ1) is 97.7. The summed E-state index contributed by atoms with van der Waals surface area (Å²) in [6.07, 6.45) is 80.7. The minimum atomic E-state index is -4.99. The van der Waals surface area contributed by atoms with Gasteiger partial charge in [0.15, 0.2) is 12.2 Å². The highest BCUT2D eigenvalue weighted by Crippen LogP contribution is 2.45. The third-order valence-corrected chi connectivity index (χ3v) is 18.6. The fourth-order valence-corrected chi connectivity index (χ4v) is 12.2. The van der Waals surface area contributed by atoms with E-state index in [9.17, 15) is 43.2 Å². The van der Waals surface area contributed by atoms with E-state index in [1.165, 1.54) is 89.9 Å². The topological polar surface area (TPSA) is 237 Å². The smallest absolute Gasteiger partial charge is 0.462 e. The fraction of sp³-hybridized carbons (Fsp3) is 0.735. The highest BCUT2D eigenvalue weighted by molar-refractivity contribution is 7.47. The maximum atomic E-state index is 13.1. The van der Waals surface area contributed by atoms with Crippen molar-refractivity contribution < 1.29 is 80.2 Å². The van der Waals surface area contributed by atoms with Gasteiger partial charge in [-0.05, 0) is 128 Å². The number of phosphoric ester groups is 2. The van der Waals surface area contributed by atoms with Gasteiger partial charge in [-0.2, -0.15) is 0 Å². The monoisotopic (exact) mass is 1470 g/mol. The van der Waals surface area contributed by atoms with Crippen molar-refractivity contribution in [2.45, 2.75) is 354 Å². The van der Waals surface area contributed by atoms with Crippen LogP contribution in [0.25, 0.3) is 0 Å². The third kappa shape index (κ3) is 74.0. The van der Waals surface area contributed by atoms with Crippen molar-refractivity contribution in [1.82, 2.24) is 0 Å². The summed E-state index contributed by atoms with van der Waals surface area (Å²) in [5.74, 6) is -2.23. The molecule has 0 amide bonds. The Morgan fingerprint density at radius 2 is 0.510 bits per heavy atom. The highest BCUT2D eigenvalue weighted by Gasteiger charge is 2.30. The zero-order valence-corrected chi connectivity index (χ0v) is 66.0. The summed E-state index contributed by atoms with van der Waals surface area (Å²) in [6.45, 7) is 4.61. The third-order valence-electron chi connectivity index (χ3n) is 16.7. The minimum Gasteiger partial charge on any atom is -0.462 e. The molecular weight excluding hydrogens is 1330 g/mol. The second kappa shape index (κ2) is 75.0. The van der Waals surface area contributed by atoms with Gasteiger partial charge in [0, 0.05) is 25.7 Å². The van der Waals surface area contributed by atoms with Gasteiger partial charge in [-0.1, -0.05) is 291 Å². The molecule has 3 N–H and O–H groups in total. The van der Waals surface area contributed by atoms with E-state index in [-0.39, 0.29) is 25.7 Å². The lowest BCUT2D eigenvalue weighted by Gasteiger charge is -2.21. The number of ether oxygens (including phenoxy) is 4. The van der Waals surface area contributed by atoms with Gasteiger partial charge in [0.1, 0.15) is 19.3 Å². The molecule has 0 aliphatic rings. The number of carbonyl (C=O) groups is 4. The first-order valence-corrected chi connectivity index (χ1v) is 43.1. The number of allylic oxidation sites excluding steroid dienone is 18. The summed E-state index contributed by atoms with van der Waals surface area (Å²) in [6, 6.07) is 0. The fourth-order valence-electron chi connectivity index (χ4n) is 10.7. The van der Waals surface area contributed by atoms with Crippen LogP contribution in [0.5, 0.6) is 0 Å². The highest BCUT2D eigenvalue weighted by atomic mass is 31.2. The molecule has 0 fully saturated rings. The second-order valence-corrected chi connectivity index (χ2v) is 29.5. The van der Waals surface area contributed by atoms with E-state index in [1.54, 1.807) is 0 Å². The van der Waals surface area contributed by atoms with Crippen LogP contribution in [-0.2, 0) is 65.4 Å². The van der Waals surface area contributed by atoms with Gasteiger partial charge < -0.3 is 33.8 Å². The summed E-state index contributed by atoms with van der Waals surface area (Å²) in [4.78, 5) is 73.0. The van der Waals surface area contributed by atoms with Gasteiger partial charge in [0.2, 0.25) is 0 Å². The number of esters is 4. The van der Waals surface area contributed by atoms with Crippen LogP contribution in [0.3, 0.4) is 0 Å². The lowest BCUT2D eigenvalue weighted by Crippen LogP contribution is -2.30. The number of unbranched alkanes of at least 4 members (excludes halogenated alkanes) is 31. The number of hydrogen-bond donors (Lipinski definition) is 3. The van der Waals surface area contributed by atoms with Crippen molar-refractivity contribution in [3.8, 4) is 0 Å². The molecule has 0 saturated carbocycles. The molecule has 102 heavy (non-hydrogen) atoms. The van der Waals surface area contributed by atoms with E-state index < -0.39 is 97.5 Å². The average Bonchev–Trinajstić information content (AvgIpc) is 0.908. The van der Waals surface area contributed by atoms with Crippen molar-refractivity contribution in [1.29, 1.82) is 0 Å². The van der Waals surface area contributed by atoms with E-state index in [1.807, 2.05) is 0 Å². The zero-order valence-electron chi connectivity index (χ0n) is 64.3. The molecule has 0 aromatic rings. The molecule has 0 heterocycles. The Morgan fingerprint density at radius 1 is 0.284 bits per heavy atom. The van der Waals surface area contributed by atoms with Crippen LogP contribution in [-0.4, -0.2) is 96.7 Å². The Hall–Kier alpha value is -4.28. The summed E-state index contributed by atoms with van der Waals surface area (Å²) < 4.78 is 68.6. The lowest BCUT2D eigenvalue weighted by atomic mass is 10.0. The number of phosphoric acid groups is 2. The summed E-state index contributed by atoms with van der Waals surface area (Å²) in [5.41, 5.74) is 0. The van der Waals surface area contributed by atoms with Crippen LogP contribution in [0.4, 0.5) is 0 Å². The molecule has 0 radical (unpaired) electrons.